The zero-order valence-electron chi connectivity index (χ0n) is 13.8. The van der Waals surface area contributed by atoms with E-state index in [1.54, 1.807) is 20.1 Å². The van der Waals surface area contributed by atoms with Crippen molar-refractivity contribution in [3.63, 3.8) is 0 Å². The van der Waals surface area contributed by atoms with Gasteiger partial charge in [-0.2, -0.15) is 0 Å². The second kappa shape index (κ2) is 8.18. The molecule has 132 valence electrons. The summed E-state index contributed by atoms with van der Waals surface area (Å²) in [6, 6.07) is 5.46. The van der Waals surface area contributed by atoms with Crippen molar-refractivity contribution in [2.24, 2.45) is 0 Å². The lowest BCUT2D eigenvalue weighted by Crippen LogP contribution is -2.01. The van der Waals surface area contributed by atoms with E-state index in [0.29, 0.717) is 34.4 Å². The normalized spacial score (nSPS) is 11.5. The Kier molecular flexibility index (Phi) is 6.48. The third kappa shape index (κ3) is 4.40. The molecule has 1 aromatic carbocycles. The van der Waals surface area contributed by atoms with E-state index >= 15 is 0 Å². The first kappa shape index (κ1) is 19.0. The predicted octanol–water partition coefficient (Wildman–Crippen LogP) is 4.62. The Morgan fingerprint density at radius 1 is 1.29 bits per heavy atom. The number of ether oxygens (including phenoxy) is 2. The zero-order valence-corrected chi connectivity index (χ0v) is 16.2. The lowest BCUT2D eigenvalue weighted by molar-refractivity contribution is 0.287. The minimum Gasteiger partial charge on any atom is -0.493 e. The molecule has 8 heteroatoms. The molecular formula is C16H20ClNO4S2. The van der Waals surface area contributed by atoms with E-state index in [-0.39, 0.29) is 4.21 Å². The molecule has 0 fully saturated rings. The first-order valence-electron chi connectivity index (χ1n) is 7.60. The lowest BCUT2D eigenvalue weighted by atomic mass is 10.2. The summed E-state index contributed by atoms with van der Waals surface area (Å²) < 4.78 is 34.6. The zero-order chi connectivity index (χ0) is 17.7. The van der Waals surface area contributed by atoms with E-state index < -0.39 is 9.05 Å². The summed E-state index contributed by atoms with van der Waals surface area (Å²) in [6.45, 7) is 4.31. The number of halogens is 1. The van der Waals surface area contributed by atoms with Crippen LogP contribution in [-0.4, -0.2) is 27.1 Å². The summed E-state index contributed by atoms with van der Waals surface area (Å²) >= 11 is 1.03. The van der Waals surface area contributed by atoms with Crippen molar-refractivity contribution in [3.05, 3.63) is 23.9 Å². The minimum absolute atomic E-state index is 0.0546. The molecule has 0 N–H and O–H groups in total. The van der Waals surface area contributed by atoms with Crippen LogP contribution in [0.1, 0.15) is 31.9 Å². The third-order valence-electron chi connectivity index (χ3n) is 3.40. The topological polar surface area (TPSA) is 65.5 Å². The summed E-state index contributed by atoms with van der Waals surface area (Å²) in [5.74, 6) is 1.16. The van der Waals surface area contributed by atoms with Crippen molar-refractivity contribution in [1.82, 2.24) is 4.98 Å². The van der Waals surface area contributed by atoms with Crippen molar-refractivity contribution in [2.75, 3.05) is 13.7 Å². The van der Waals surface area contributed by atoms with Gasteiger partial charge in [-0.15, -0.1) is 11.3 Å². The van der Waals surface area contributed by atoms with Crippen molar-refractivity contribution in [2.45, 2.75) is 37.3 Å². The Bertz CT molecular complexity index is 802. The van der Waals surface area contributed by atoms with Crippen LogP contribution in [0.3, 0.4) is 0 Å². The number of aryl methyl sites for hydroxylation is 1. The maximum absolute atomic E-state index is 11.6. The minimum atomic E-state index is -3.82. The summed E-state index contributed by atoms with van der Waals surface area (Å²) in [4.78, 5) is 4.35. The highest BCUT2D eigenvalue weighted by Gasteiger charge is 2.22. The number of aromatic nitrogens is 1. The van der Waals surface area contributed by atoms with Crippen LogP contribution in [0.25, 0.3) is 10.6 Å². The molecule has 0 saturated heterocycles. The molecule has 0 radical (unpaired) electrons. The molecular weight excluding hydrogens is 370 g/mol. The Balaban J connectivity index is 2.43. The number of nitrogens with zero attached hydrogens (tertiary/aromatic N) is 1. The van der Waals surface area contributed by atoms with Crippen LogP contribution in [0, 0.1) is 6.92 Å². The van der Waals surface area contributed by atoms with Gasteiger partial charge in [0.15, 0.2) is 15.7 Å². The summed E-state index contributed by atoms with van der Waals surface area (Å²) in [6.07, 6.45) is 3.12. The van der Waals surface area contributed by atoms with E-state index in [1.807, 2.05) is 12.1 Å². The molecule has 0 saturated carbocycles. The van der Waals surface area contributed by atoms with Gasteiger partial charge in [-0.1, -0.05) is 25.8 Å². The van der Waals surface area contributed by atoms with Gasteiger partial charge >= 0.3 is 0 Å². The van der Waals surface area contributed by atoms with Crippen LogP contribution < -0.4 is 9.47 Å². The fraction of sp³-hybridized carbons (Fsp3) is 0.438. The van der Waals surface area contributed by atoms with Gasteiger partial charge in [0, 0.05) is 10.7 Å². The van der Waals surface area contributed by atoms with Crippen LogP contribution in [0.15, 0.2) is 22.4 Å². The number of methoxy groups -OCH3 is 1. The number of para-hydroxylation sites is 1. The van der Waals surface area contributed by atoms with Gasteiger partial charge in [-0.25, -0.2) is 13.4 Å². The molecule has 2 rings (SSSR count). The molecule has 1 heterocycles. The first-order valence-corrected chi connectivity index (χ1v) is 10.7. The highest BCUT2D eigenvalue weighted by molar-refractivity contribution is 8.15. The van der Waals surface area contributed by atoms with Gasteiger partial charge in [0.2, 0.25) is 0 Å². The van der Waals surface area contributed by atoms with Gasteiger partial charge in [-0.3, -0.25) is 0 Å². The maximum Gasteiger partial charge on any atom is 0.272 e. The number of unbranched alkanes of at least 4 members (excludes halogenated alkanes) is 2. The largest absolute Gasteiger partial charge is 0.493 e. The Morgan fingerprint density at radius 3 is 2.62 bits per heavy atom. The van der Waals surface area contributed by atoms with Crippen molar-refractivity contribution < 1.29 is 17.9 Å². The number of rotatable bonds is 8. The molecule has 0 unspecified atom stereocenters. The van der Waals surface area contributed by atoms with E-state index in [2.05, 4.69) is 11.9 Å². The first-order chi connectivity index (χ1) is 11.4. The van der Waals surface area contributed by atoms with Crippen molar-refractivity contribution in [3.8, 4) is 22.1 Å². The number of benzene rings is 1. The fourth-order valence-electron chi connectivity index (χ4n) is 2.24. The third-order valence-corrected chi connectivity index (χ3v) is 6.77. The Morgan fingerprint density at radius 2 is 2.04 bits per heavy atom. The molecule has 0 spiro atoms. The van der Waals surface area contributed by atoms with Crippen LogP contribution in [0.4, 0.5) is 0 Å². The van der Waals surface area contributed by atoms with Gasteiger partial charge in [-0.05, 0) is 25.5 Å². The second-order valence-electron chi connectivity index (χ2n) is 5.22. The summed E-state index contributed by atoms with van der Waals surface area (Å²) in [5, 5.41) is 0.538. The Labute approximate surface area is 151 Å². The highest BCUT2D eigenvalue weighted by Crippen LogP contribution is 2.41. The predicted molar refractivity (Wildman–Crippen MR) is 96.9 cm³/mol. The molecule has 5 nitrogen and oxygen atoms in total. The van der Waals surface area contributed by atoms with Gasteiger partial charge in [0.05, 0.1) is 25.0 Å². The van der Waals surface area contributed by atoms with Crippen molar-refractivity contribution >= 4 is 31.1 Å². The van der Waals surface area contributed by atoms with Gasteiger partial charge in [0.25, 0.3) is 9.05 Å². The SMILES string of the molecule is CCCCCOc1c(OC)cccc1-c1nc(C)c(S(=O)(=O)Cl)s1. The second-order valence-corrected chi connectivity index (χ2v) is 8.98. The molecule has 0 bridgehead atoms. The standard InChI is InChI=1S/C16H20ClNO4S2/c1-4-5-6-10-22-14-12(8-7-9-13(14)21-3)15-18-11(2)16(23-15)24(17,19)20/h7-9H,4-6,10H2,1-3H3. The van der Waals surface area contributed by atoms with E-state index in [0.717, 1.165) is 30.6 Å². The van der Waals surface area contributed by atoms with Crippen LogP contribution in [0.2, 0.25) is 0 Å². The van der Waals surface area contributed by atoms with Gasteiger partial charge < -0.3 is 9.47 Å². The van der Waals surface area contributed by atoms with Gasteiger partial charge in [0.1, 0.15) is 5.01 Å². The molecule has 24 heavy (non-hydrogen) atoms. The molecule has 1 aromatic heterocycles. The molecule has 0 atom stereocenters. The summed E-state index contributed by atoms with van der Waals surface area (Å²) in [5.41, 5.74) is 1.08. The highest BCUT2D eigenvalue weighted by atomic mass is 35.7. The van der Waals surface area contributed by atoms with Crippen molar-refractivity contribution in [1.29, 1.82) is 0 Å². The fourth-order valence-corrected chi connectivity index (χ4v) is 4.72. The number of thiazole rings is 1. The monoisotopic (exact) mass is 389 g/mol. The lowest BCUT2D eigenvalue weighted by Gasteiger charge is -2.13. The maximum atomic E-state index is 11.6. The summed E-state index contributed by atoms with van der Waals surface area (Å²) in [7, 11) is 3.22. The average Bonchev–Trinajstić information content (AvgIpc) is 2.93. The quantitative estimate of drug-likeness (QED) is 0.486. The molecule has 0 aliphatic rings. The van der Waals surface area contributed by atoms with Crippen LogP contribution in [0.5, 0.6) is 11.5 Å². The number of hydrogen-bond donors (Lipinski definition) is 0. The molecule has 0 amide bonds. The van der Waals surface area contributed by atoms with Crippen LogP contribution in [-0.2, 0) is 9.05 Å². The molecule has 0 aliphatic heterocycles. The smallest absolute Gasteiger partial charge is 0.272 e. The van der Waals surface area contributed by atoms with Crippen LogP contribution >= 0.6 is 22.0 Å². The van der Waals surface area contributed by atoms with E-state index in [4.69, 9.17) is 20.2 Å². The Hall–Kier alpha value is -1.31. The van der Waals surface area contributed by atoms with E-state index in [1.165, 1.54) is 0 Å². The van der Waals surface area contributed by atoms with E-state index in [9.17, 15) is 8.42 Å². The molecule has 0 aliphatic carbocycles. The molecule has 2 aromatic rings. The number of hydrogen-bond acceptors (Lipinski definition) is 6. The average molecular weight is 390 g/mol.